The molecule has 3 N–H and O–H groups in total. The molecule has 0 spiro atoms. The Kier molecular flexibility index (Phi) is 4.21. The summed E-state index contributed by atoms with van der Waals surface area (Å²) in [6, 6.07) is 0.982. The second-order valence-corrected chi connectivity index (χ2v) is 6.25. The Balaban J connectivity index is 1.42. The van der Waals surface area contributed by atoms with E-state index in [0.717, 1.165) is 25.9 Å². The topological polar surface area (TPSA) is 73.5 Å². The van der Waals surface area contributed by atoms with E-state index < -0.39 is 0 Å². The first-order valence-electron chi connectivity index (χ1n) is 7.78. The van der Waals surface area contributed by atoms with Gasteiger partial charge in [-0.05, 0) is 45.1 Å². The molecule has 3 amide bonds. The first kappa shape index (κ1) is 13.8. The Labute approximate surface area is 119 Å². The van der Waals surface area contributed by atoms with Crippen LogP contribution in [-0.4, -0.2) is 54.6 Å². The summed E-state index contributed by atoms with van der Waals surface area (Å²) in [6.45, 7) is 2.34. The first-order chi connectivity index (χ1) is 9.70. The molecule has 0 radical (unpaired) electrons. The molecular formula is C14H24N4O2. The zero-order valence-corrected chi connectivity index (χ0v) is 11.9. The van der Waals surface area contributed by atoms with E-state index in [-0.39, 0.29) is 18.0 Å². The molecule has 2 aliphatic carbocycles. The lowest BCUT2D eigenvalue weighted by Gasteiger charge is -2.24. The van der Waals surface area contributed by atoms with Crippen LogP contribution in [-0.2, 0) is 4.79 Å². The summed E-state index contributed by atoms with van der Waals surface area (Å²) in [5.41, 5.74) is 0. The van der Waals surface area contributed by atoms with Gasteiger partial charge >= 0.3 is 6.03 Å². The number of carbonyl (C=O) groups excluding carboxylic acids is 2. The largest absolute Gasteiger partial charge is 0.335 e. The highest BCUT2D eigenvalue weighted by Crippen LogP contribution is 2.27. The Morgan fingerprint density at radius 1 is 1.15 bits per heavy atom. The summed E-state index contributed by atoms with van der Waals surface area (Å²) in [5.74, 6) is -0.187. The number of urea groups is 1. The van der Waals surface area contributed by atoms with Crippen molar-refractivity contribution >= 4 is 11.9 Å². The third-order valence-corrected chi connectivity index (χ3v) is 4.19. The molecule has 1 atom stereocenters. The van der Waals surface area contributed by atoms with Crippen molar-refractivity contribution in [3.05, 3.63) is 0 Å². The number of nitrogens with zero attached hydrogens (tertiary/aromatic N) is 1. The van der Waals surface area contributed by atoms with E-state index in [1.165, 1.54) is 25.7 Å². The van der Waals surface area contributed by atoms with Gasteiger partial charge in [-0.25, -0.2) is 4.79 Å². The van der Waals surface area contributed by atoms with E-state index in [1.54, 1.807) is 0 Å². The van der Waals surface area contributed by atoms with Gasteiger partial charge in [-0.15, -0.1) is 0 Å². The molecule has 1 unspecified atom stereocenters. The molecule has 0 aromatic rings. The van der Waals surface area contributed by atoms with Crippen molar-refractivity contribution in [3.8, 4) is 0 Å². The van der Waals surface area contributed by atoms with Crippen LogP contribution in [0, 0.1) is 0 Å². The summed E-state index contributed by atoms with van der Waals surface area (Å²) in [5, 5.41) is 8.68. The molecule has 20 heavy (non-hydrogen) atoms. The number of hydrogen-bond acceptors (Lipinski definition) is 4. The Bertz CT molecular complexity index is 373. The Morgan fingerprint density at radius 3 is 2.55 bits per heavy atom. The van der Waals surface area contributed by atoms with Gasteiger partial charge in [0.25, 0.3) is 0 Å². The minimum absolute atomic E-state index is 0.187. The van der Waals surface area contributed by atoms with Crippen molar-refractivity contribution in [1.29, 1.82) is 0 Å². The maximum Gasteiger partial charge on any atom is 0.321 e. The SMILES string of the molecule is O=C(CN(CC1CCCN1)C1CC1)NC(=O)NC1CC1. The van der Waals surface area contributed by atoms with Gasteiger partial charge in [-0.1, -0.05) is 0 Å². The lowest BCUT2D eigenvalue weighted by Crippen LogP contribution is -2.48. The van der Waals surface area contributed by atoms with Gasteiger partial charge in [0.2, 0.25) is 5.91 Å². The van der Waals surface area contributed by atoms with Crippen molar-refractivity contribution in [3.63, 3.8) is 0 Å². The second-order valence-electron chi connectivity index (χ2n) is 6.25. The molecule has 3 fully saturated rings. The fourth-order valence-corrected chi connectivity index (χ4v) is 2.78. The van der Waals surface area contributed by atoms with Gasteiger partial charge in [0.1, 0.15) is 0 Å². The van der Waals surface area contributed by atoms with Crippen LogP contribution in [0.1, 0.15) is 38.5 Å². The van der Waals surface area contributed by atoms with Crippen molar-refractivity contribution in [2.45, 2.75) is 56.7 Å². The summed E-state index contributed by atoms with van der Waals surface area (Å²) >= 11 is 0. The highest BCUT2D eigenvalue weighted by Gasteiger charge is 2.33. The highest BCUT2D eigenvalue weighted by atomic mass is 16.2. The van der Waals surface area contributed by atoms with Crippen LogP contribution in [0.3, 0.4) is 0 Å². The fraction of sp³-hybridized carbons (Fsp3) is 0.857. The minimum Gasteiger partial charge on any atom is -0.335 e. The molecule has 3 aliphatic rings. The average molecular weight is 280 g/mol. The van der Waals surface area contributed by atoms with Crippen molar-refractivity contribution in [2.75, 3.05) is 19.6 Å². The van der Waals surface area contributed by atoms with Crippen molar-refractivity contribution in [1.82, 2.24) is 20.9 Å². The summed E-state index contributed by atoms with van der Waals surface area (Å²) in [4.78, 5) is 25.7. The zero-order valence-electron chi connectivity index (χ0n) is 11.9. The summed E-state index contributed by atoms with van der Waals surface area (Å²) in [7, 11) is 0. The maximum atomic E-state index is 11.9. The molecule has 0 aromatic carbocycles. The van der Waals surface area contributed by atoms with E-state index in [9.17, 15) is 9.59 Å². The number of hydrogen-bond donors (Lipinski definition) is 3. The minimum atomic E-state index is -0.341. The van der Waals surface area contributed by atoms with Crippen LogP contribution in [0.4, 0.5) is 4.79 Å². The molecule has 1 saturated heterocycles. The van der Waals surface area contributed by atoms with E-state index in [0.29, 0.717) is 18.6 Å². The van der Waals surface area contributed by atoms with Gasteiger partial charge < -0.3 is 10.6 Å². The number of amides is 3. The maximum absolute atomic E-state index is 11.9. The lowest BCUT2D eigenvalue weighted by atomic mass is 10.2. The smallest absolute Gasteiger partial charge is 0.321 e. The fourth-order valence-electron chi connectivity index (χ4n) is 2.78. The van der Waals surface area contributed by atoms with Crippen LogP contribution < -0.4 is 16.0 Å². The second kappa shape index (κ2) is 6.10. The van der Waals surface area contributed by atoms with Gasteiger partial charge in [-0.2, -0.15) is 0 Å². The third-order valence-electron chi connectivity index (χ3n) is 4.19. The molecular weight excluding hydrogens is 256 g/mol. The predicted octanol–water partition coefficient (Wildman–Crippen LogP) is 0.191. The van der Waals surface area contributed by atoms with E-state index in [4.69, 9.17) is 0 Å². The molecule has 6 nitrogen and oxygen atoms in total. The summed E-state index contributed by atoms with van der Waals surface area (Å²) in [6.07, 6.45) is 6.82. The number of rotatable bonds is 6. The number of imide groups is 1. The van der Waals surface area contributed by atoms with Crippen LogP contribution >= 0.6 is 0 Å². The molecule has 6 heteroatoms. The quantitative estimate of drug-likeness (QED) is 0.649. The van der Waals surface area contributed by atoms with Gasteiger partial charge in [-0.3, -0.25) is 15.0 Å². The van der Waals surface area contributed by atoms with Crippen LogP contribution in [0.25, 0.3) is 0 Å². The average Bonchev–Trinajstić information content (AvgIpc) is 3.31. The van der Waals surface area contributed by atoms with Crippen LogP contribution in [0.2, 0.25) is 0 Å². The first-order valence-corrected chi connectivity index (χ1v) is 7.78. The van der Waals surface area contributed by atoms with Crippen molar-refractivity contribution < 1.29 is 9.59 Å². The number of carbonyl (C=O) groups is 2. The standard InChI is InChI=1S/C14H24N4O2/c19-13(17-14(20)16-10-3-4-10)9-18(12-5-6-12)8-11-2-1-7-15-11/h10-12,15H,1-9H2,(H2,16,17,19,20). The molecule has 1 aliphatic heterocycles. The Hall–Kier alpha value is -1.14. The van der Waals surface area contributed by atoms with Gasteiger partial charge in [0.05, 0.1) is 6.54 Å². The normalized spacial score (nSPS) is 25.8. The highest BCUT2D eigenvalue weighted by molar-refractivity contribution is 5.95. The Morgan fingerprint density at radius 2 is 1.95 bits per heavy atom. The zero-order chi connectivity index (χ0) is 13.9. The molecule has 0 bridgehead atoms. The predicted molar refractivity (Wildman–Crippen MR) is 75.3 cm³/mol. The van der Waals surface area contributed by atoms with E-state index in [2.05, 4.69) is 20.9 Å². The summed E-state index contributed by atoms with van der Waals surface area (Å²) < 4.78 is 0. The van der Waals surface area contributed by atoms with Crippen molar-refractivity contribution in [2.24, 2.45) is 0 Å². The van der Waals surface area contributed by atoms with Crippen LogP contribution in [0.5, 0.6) is 0 Å². The molecule has 3 rings (SSSR count). The van der Waals surface area contributed by atoms with Gasteiger partial charge in [0, 0.05) is 24.7 Å². The molecule has 112 valence electrons. The van der Waals surface area contributed by atoms with Gasteiger partial charge in [0.15, 0.2) is 0 Å². The third kappa shape index (κ3) is 4.18. The molecule has 1 heterocycles. The number of nitrogens with one attached hydrogen (secondary N) is 3. The molecule has 0 aromatic heterocycles. The lowest BCUT2D eigenvalue weighted by molar-refractivity contribution is -0.121. The van der Waals surface area contributed by atoms with E-state index >= 15 is 0 Å². The molecule has 2 saturated carbocycles. The van der Waals surface area contributed by atoms with E-state index in [1.807, 2.05) is 0 Å². The monoisotopic (exact) mass is 280 g/mol. The van der Waals surface area contributed by atoms with Crippen LogP contribution in [0.15, 0.2) is 0 Å².